The summed E-state index contributed by atoms with van der Waals surface area (Å²) >= 11 is 0.825. The van der Waals surface area contributed by atoms with Gasteiger partial charge in [-0.2, -0.15) is 13.2 Å². The second-order valence-electron chi connectivity index (χ2n) is 7.33. The Bertz CT molecular complexity index is 1030. The molecule has 2 N–H and O–H groups in total. The number of thioether (sulfide) groups is 1. The highest BCUT2D eigenvalue weighted by molar-refractivity contribution is 7.99. The molecular weight excluding hydrogens is 461 g/mol. The van der Waals surface area contributed by atoms with Crippen molar-refractivity contribution in [3.05, 3.63) is 30.0 Å². The largest absolute Gasteiger partial charge is 0.493 e. The molecular formula is C21H23F3N4O4S. The summed E-state index contributed by atoms with van der Waals surface area (Å²) < 4.78 is 50.8. The Balaban J connectivity index is 1.80. The lowest BCUT2D eigenvalue weighted by atomic mass is 9.96. The van der Waals surface area contributed by atoms with E-state index in [1.165, 1.54) is 20.3 Å². The third-order valence-electron chi connectivity index (χ3n) is 5.25. The van der Waals surface area contributed by atoms with E-state index in [4.69, 9.17) is 15.2 Å². The highest BCUT2D eigenvalue weighted by atomic mass is 32.2. The van der Waals surface area contributed by atoms with Crippen LogP contribution >= 0.6 is 11.8 Å². The van der Waals surface area contributed by atoms with Gasteiger partial charge < -0.3 is 20.1 Å². The van der Waals surface area contributed by atoms with Crippen molar-refractivity contribution < 1.29 is 32.2 Å². The average Bonchev–Trinajstić information content (AvgIpc) is 2.81. The maximum Gasteiger partial charge on any atom is 0.433 e. The van der Waals surface area contributed by atoms with Crippen LogP contribution in [0.4, 0.5) is 13.2 Å². The molecule has 1 saturated heterocycles. The van der Waals surface area contributed by atoms with E-state index in [1.807, 2.05) is 0 Å². The van der Waals surface area contributed by atoms with Gasteiger partial charge in [-0.15, -0.1) is 0 Å². The number of benzene rings is 1. The first kappa shape index (κ1) is 24.6. The highest BCUT2D eigenvalue weighted by Gasteiger charge is 2.34. The van der Waals surface area contributed by atoms with Crippen molar-refractivity contribution in [2.45, 2.75) is 24.2 Å². The van der Waals surface area contributed by atoms with Crippen molar-refractivity contribution in [3.8, 4) is 22.8 Å². The number of likely N-dealkylation sites (tertiary alicyclic amines) is 1. The van der Waals surface area contributed by atoms with Crippen molar-refractivity contribution in [1.29, 1.82) is 0 Å². The summed E-state index contributed by atoms with van der Waals surface area (Å²) in [5.74, 6) is -0.295. The number of hydrogen-bond donors (Lipinski definition) is 1. The molecule has 0 radical (unpaired) electrons. The quantitative estimate of drug-likeness (QED) is 0.476. The number of halogens is 3. The average molecular weight is 485 g/mol. The van der Waals surface area contributed by atoms with Crippen LogP contribution in [0.5, 0.6) is 11.5 Å². The van der Waals surface area contributed by atoms with E-state index >= 15 is 0 Å². The van der Waals surface area contributed by atoms with Gasteiger partial charge in [-0.05, 0) is 37.1 Å². The van der Waals surface area contributed by atoms with Crippen LogP contribution < -0.4 is 15.2 Å². The number of carbonyl (C=O) groups excluding carboxylic acids is 2. The van der Waals surface area contributed by atoms with Gasteiger partial charge in [0.15, 0.2) is 16.7 Å². The van der Waals surface area contributed by atoms with Crippen LogP contribution in [0.2, 0.25) is 0 Å². The summed E-state index contributed by atoms with van der Waals surface area (Å²) in [4.78, 5) is 33.2. The lowest BCUT2D eigenvalue weighted by molar-refractivity contribution is -0.141. The molecule has 8 nitrogen and oxygen atoms in total. The molecule has 2 amide bonds. The van der Waals surface area contributed by atoms with Crippen LogP contribution in [0, 0.1) is 5.92 Å². The summed E-state index contributed by atoms with van der Waals surface area (Å²) in [6.07, 6.45) is -3.76. The van der Waals surface area contributed by atoms with Gasteiger partial charge in [-0.3, -0.25) is 9.59 Å². The number of carbonyl (C=O) groups is 2. The van der Waals surface area contributed by atoms with Gasteiger partial charge in [0.05, 0.1) is 25.7 Å². The van der Waals surface area contributed by atoms with Crippen molar-refractivity contribution in [2.75, 3.05) is 33.1 Å². The molecule has 0 saturated carbocycles. The van der Waals surface area contributed by atoms with Crippen molar-refractivity contribution in [3.63, 3.8) is 0 Å². The maximum absolute atomic E-state index is 13.5. The van der Waals surface area contributed by atoms with E-state index in [9.17, 15) is 22.8 Å². The van der Waals surface area contributed by atoms with Crippen LogP contribution in [0.15, 0.2) is 29.4 Å². The fourth-order valence-corrected chi connectivity index (χ4v) is 4.17. The Hall–Kier alpha value is -3.02. The van der Waals surface area contributed by atoms with E-state index in [-0.39, 0.29) is 28.4 Å². The van der Waals surface area contributed by atoms with Gasteiger partial charge in [0.25, 0.3) is 0 Å². The van der Waals surface area contributed by atoms with Crippen molar-refractivity contribution in [2.24, 2.45) is 11.7 Å². The van der Waals surface area contributed by atoms with Crippen LogP contribution in [0.1, 0.15) is 18.5 Å². The van der Waals surface area contributed by atoms with Gasteiger partial charge in [-0.1, -0.05) is 11.8 Å². The molecule has 1 aromatic carbocycles. The molecule has 0 aliphatic carbocycles. The Kier molecular flexibility index (Phi) is 7.67. The Labute approximate surface area is 192 Å². The van der Waals surface area contributed by atoms with Gasteiger partial charge in [0, 0.05) is 24.6 Å². The molecule has 0 spiro atoms. The number of rotatable bonds is 7. The first-order valence-corrected chi connectivity index (χ1v) is 11.0. The number of alkyl halides is 3. The molecule has 178 valence electrons. The highest BCUT2D eigenvalue weighted by Crippen LogP contribution is 2.35. The second kappa shape index (κ2) is 10.3. The van der Waals surface area contributed by atoms with Crippen LogP contribution in [0.25, 0.3) is 11.3 Å². The summed E-state index contributed by atoms with van der Waals surface area (Å²) in [7, 11) is 2.87. The molecule has 0 bridgehead atoms. The first-order valence-electron chi connectivity index (χ1n) is 10.0. The number of nitrogens with two attached hydrogens (primary N) is 1. The minimum absolute atomic E-state index is 0.0375. The molecule has 3 rings (SSSR count). The van der Waals surface area contributed by atoms with Crippen molar-refractivity contribution >= 4 is 23.6 Å². The lowest BCUT2D eigenvalue weighted by Gasteiger charge is -2.30. The number of nitrogens with zero attached hydrogens (tertiary/aromatic N) is 3. The molecule has 0 atom stereocenters. The smallest absolute Gasteiger partial charge is 0.433 e. The molecule has 1 aromatic heterocycles. The van der Waals surface area contributed by atoms with Crippen LogP contribution in [-0.4, -0.2) is 59.7 Å². The molecule has 1 fully saturated rings. The van der Waals surface area contributed by atoms with Crippen molar-refractivity contribution in [1.82, 2.24) is 14.9 Å². The van der Waals surface area contributed by atoms with E-state index < -0.39 is 17.8 Å². The zero-order chi connectivity index (χ0) is 24.2. The topological polar surface area (TPSA) is 108 Å². The number of methoxy groups -OCH3 is 2. The van der Waals surface area contributed by atoms with E-state index in [0.29, 0.717) is 43.0 Å². The van der Waals surface area contributed by atoms with Gasteiger partial charge >= 0.3 is 6.18 Å². The number of amides is 2. The van der Waals surface area contributed by atoms with E-state index in [2.05, 4.69) is 9.97 Å². The van der Waals surface area contributed by atoms with Gasteiger partial charge in [0.2, 0.25) is 11.8 Å². The van der Waals surface area contributed by atoms with Crippen LogP contribution in [-0.2, 0) is 15.8 Å². The standard InChI is InChI=1S/C21H23F3N4O4S/c1-31-15-4-3-13(9-16(15)32-2)14-10-17(21(22,23)24)27-20(26-14)33-11-18(29)28-7-5-12(6-8-28)19(25)30/h3-4,9-10,12H,5-8,11H2,1-2H3,(H2,25,30). The number of aromatic nitrogens is 2. The Morgan fingerprint density at radius 3 is 2.36 bits per heavy atom. The predicted molar refractivity (Wildman–Crippen MR) is 115 cm³/mol. The first-order chi connectivity index (χ1) is 15.6. The molecule has 0 unspecified atom stereocenters. The Morgan fingerprint density at radius 1 is 1.12 bits per heavy atom. The lowest BCUT2D eigenvalue weighted by Crippen LogP contribution is -2.42. The van der Waals surface area contributed by atoms with Crippen LogP contribution in [0.3, 0.4) is 0 Å². The maximum atomic E-state index is 13.5. The summed E-state index contributed by atoms with van der Waals surface area (Å²) in [6.45, 7) is 0.737. The van der Waals surface area contributed by atoms with E-state index in [0.717, 1.165) is 17.8 Å². The SMILES string of the molecule is COc1ccc(-c2cc(C(F)(F)F)nc(SCC(=O)N3CCC(C(N)=O)CC3)n2)cc1OC. The molecule has 2 aromatic rings. The minimum Gasteiger partial charge on any atom is -0.493 e. The fourth-order valence-electron chi connectivity index (χ4n) is 3.41. The van der Waals surface area contributed by atoms with E-state index in [1.54, 1.807) is 17.0 Å². The number of piperidine rings is 1. The monoisotopic (exact) mass is 484 g/mol. The zero-order valence-corrected chi connectivity index (χ0v) is 18.8. The third kappa shape index (κ3) is 6.06. The summed E-state index contributed by atoms with van der Waals surface area (Å²) in [5, 5.41) is -0.171. The fraction of sp³-hybridized carbons (Fsp3) is 0.429. The predicted octanol–water partition coefficient (Wildman–Crippen LogP) is 3.00. The Morgan fingerprint density at radius 2 is 1.79 bits per heavy atom. The molecule has 2 heterocycles. The normalized spacial score (nSPS) is 14.8. The number of hydrogen-bond acceptors (Lipinski definition) is 7. The summed E-state index contributed by atoms with van der Waals surface area (Å²) in [5.41, 5.74) is 4.60. The van der Waals surface area contributed by atoms with Gasteiger partial charge in [-0.25, -0.2) is 9.97 Å². The molecule has 1 aliphatic heterocycles. The number of primary amides is 1. The molecule has 33 heavy (non-hydrogen) atoms. The summed E-state index contributed by atoms with van der Waals surface area (Å²) in [6, 6.07) is 5.49. The van der Waals surface area contributed by atoms with Gasteiger partial charge in [0.1, 0.15) is 5.69 Å². The third-order valence-corrected chi connectivity index (χ3v) is 6.08. The second-order valence-corrected chi connectivity index (χ2v) is 8.28. The molecule has 12 heteroatoms. The zero-order valence-electron chi connectivity index (χ0n) is 18.0. The molecule has 1 aliphatic rings. The number of ether oxygens (including phenoxy) is 2. The minimum atomic E-state index is -4.69.